The van der Waals surface area contributed by atoms with Gasteiger partial charge in [0.1, 0.15) is 11.9 Å². The Hall–Kier alpha value is -1.21. The van der Waals surface area contributed by atoms with Crippen LogP contribution in [0.4, 0.5) is 0 Å². The van der Waals surface area contributed by atoms with Crippen molar-refractivity contribution in [3.05, 3.63) is 80.8 Å². The number of fused-ring (bicyclic) bond motifs is 1. The fourth-order valence-corrected chi connectivity index (χ4v) is 5.64. The Morgan fingerprint density at radius 3 is 2.63 bits per heavy atom. The van der Waals surface area contributed by atoms with E-state index in [1.54, 1.807) is 36.7 Å². The third-order valence-electron chi connectivity index (χ3n) is 4.49. The lowest BCUT2D eigenvalue weighted by molar-refractivity contribution is 0.0382. The Morgan fingerprint density at radius 2 is 1.89 bits per heavy atom. The van der Waals surface area contributed by atoms with E-state index in [0.29, 0.717) is 26.4 Å². The van der Waals surface area contributed by atoms with Crippen molar-refractivity contribution in [2.24, 2.45) is 0 Å². The molecule has 0 fully saturated rings. The first-order valence-corrected chi connectivity index (χ1v) is 10.6. The fraction of sp³-hybridized carbons (Fsp3) is 0.211. The van der Waals surface area contributed by atoms with E-state index in [1.165, 1.54) is 0 Å². The maximum Gasteiger partial charge on any atom is 0.160 e. The zero-order valence-corrected chi connectivity index (χ0v) is 17.1. The lowest BCUT2D eigenvalue weighted by Gasteiger charge is -2.20. The van der Waals surface area contributed by atoms with Crippen LogP contribution in [-0.2, 0) is 28.9 Å². The summed E-state index contributed by atoms with van der Waals surface area (Å²) in [4.78, 5) is 8.05. The number of benzene rings is 2. The number of nitrogens with one attached hydrogen (secondary N) is 1. The summed E-state index contributed by atoms with van der Waals surface area (Å²) < 4.78 is 19.3. The van der Waals surface area contributed by atoms with Crippen LogP contribution in [0.15, 0.2) is 53.7 Å². The molecule has 0 bridgehead atoms. The molecule has 1 aliphatic rings. The molecular formula is C19H15Cl3N2O2S. The molecule has 0 saturated carbocycles. The second kappa shape index (κ2) is 8.03. The molecule has 0 spiro atoms. The highest BCUT2D eigenvalue weighted by atomic mass is 35.5. The van der Waals surface area contributed by atoms with Gasteiger partial charge in [-0.2, -0.15) is 0 Å². The average Bonchev–Trinajstić information content (AvgIpc) is 3.23. The van der Waals surface area contributed by atoms with Crippen molar-refractivity contribution < 1.29 is 9.29 Å². The molecule has 2 heterocycles. The summed E-state index contributed by atoms with van der Waals surface area (Å²) in [6.07, 6.45) is 3.58. The van der Waals surface area contributed by atoms with Crippen LogP contribution in [-0.4, -0.2) is 19.8 Å². The molecule has 0 radical (unpaired) electrons. The molecule has 4 rings (SSSR count). The summed E-state index contributed by atoms with van der Waals surface area (Å²) in [6, 6.07) is 10.7. The topological polar surface area (TPSA) is 61.0 Å². The van der Waals surface area contributed by atoms with Crippen molar-refractivity contribution in [2.75, 3.05) is 0 Å². The standard InChI is InChI=1S/C19H15Cl3N2O2S/c20-12-2-1-11(15(22)7-12)10-26-19-14-4-3-13(21)8-16(14)27(25)17(19)9-18-23-5-6-24-18/h1-8,17,19H,9-10H2,(H,23,24)/t17-,19-,27?/m0/s1. The predicted octanol–water partition coefficient (Wildman–Crippen LogP) is 5.36. The van der Waals surface area contributed by atoms with Gasteiger partial charge < -0.3 is 14.3 Å². The van der Waals surface area contributed by atoms with Gasteiger partial charge in [0.25, 0.3) is 0 Å². The Bertz CT molecular complexity index is 952. The van der Waals surface area contributed by atoms with Crippen LogP contribution in [0.2, 0.25) is 15.1 Å². The second-order valence-electron chi connectivity index (χ2n) is 6.23. The van der Waals surface area contributed by atoms with Gasteiger partial charge in [0, 0.05) is 39.1 Å². The number of hydrogen-bond acceptors (Lipinski definition) is 3. The molecule has 0 saturated heterocycles. The zero-order valence-electron chi connectivity index (χ0n) is 14.0. The summed E-state index contributed by atoms with van der Waals surface area (Å²) in [7, 11) is 0. The first kappa shape index (κ1) is 19.1. The molecule has 1 aliphatic heterocycles. The second-order valence-corrected chi connectivity index (χ2v) is 9.15. The van der Waals surface area contributed by atoms with E-state index in [-0.39, 0.29) is 18.0 Å². The Labute approximate surface area is 175 Å². The minimum Gasteiger partial charge on any atom is -0.611 e. The number of aromatic amines is 1. The minimum absolute atomic E-state index is 0.268. The number of rotatable bonds is 5. The van der Waals surface area contributed by atoms with E-state index in [9.17, 15) is 4.55 Å². The maximum absolute atomic E-state index is 13.1. The molecule has 140 valence electrons. The summed E-state index contributed by atoms with van der Waals surface area (Å²) in [6.45, 7) is 0.286. The van der Waals surface area contributed by atoms with Crippen LogP contribution in [0.25, 0.3) is 0 Å². The van der Waals surface area contributed by atoms with Crippen molar-refractivity contribution in [2.45, 2.75) is 29.3 Å². The molecule has 4 nitrogen and oxygen atoms in total. The Kier molecular flexibility index (Phi) is 5.69. The number of hydrogen-bond donors (Lipinski definition) is 1. The maximum atomic E-state index is 13.1. The normalized spacial score (nSPS) is 21.4. The lowest BCUT2D eigenvalue weighted by atomic mass is 10.0. The Morgan fingerprint density at radius 1 is 1.11 bits per heavy atom. The van der Waals surface area contributed by atoms with Gasteiger partial charge in [-0.15, -0.1) is 0 Å². The summed E-state index contributed by atoms with van der Waals surface area (Å²) in [5.74, 6) is 0.769. The minimum atomic E-state index is -1.25. The smallest absolute Gasteiger partial charge is 0.160 e. The highest BCUT2D eigenvalue weighted by Crippen LogP contribution is 2.44. The first-order chi connectivity index (χ1) is 13.0. The molecule has 27 heavy (non-hydrogen) atoms. The van der Waals surface area contributed by atoms with E-state index in [4.69, 9.17) is 39.5 Å². The van der Waals surface area contributed by atoms with Crippen LogP contribution >= 0.6 is 34.8 Å². The SMILES string of the molecule is [O-][S+]1c2cc(Cl)ccc2[C@H](OCc2ccc(Cl)cc2Cl)[C@@H]1Cc1ncc[nH]1. The number of halogens is 3. The van der Waals surface area contributed by atoms with Gasteiger partial charge >= 0.3 is 0 Å². The van der Waals surface area contributed by atoms with Crippen LogP contribution < -0.4 is 0 Å². The summed E-state index contributed by atoms with van der Waals surface area (Å²) in [5, 5.41) is 1.40. The predicted molar refractivity (Wildman–Crippen MR) is 108 cm³/mol. The first-order valence-electron chi connectivity index (χ1n) is 8.27. The monoisotopic (exact) mass is 440 g/mol. The van der Waals surface area contributed by atoms with Crippen molar-refractivity contribution >= 4 is 46.0 Å². The number of aromatic nitrogens is 2. The van der Waals surface area contributed by atoms with E-state index in [2.05, 4.69) is 9.97 Å². The highest BCUT2D eigenvalue weighted by molar-refractivity contribution is 7.92. The fourth-order valence-electron chi connectivity index (χ4n) is 3.19. The van der Waals surface area contributed by atoms with Crippen LogP contribution in [0, 0.1) is 0 Å². The molecule has 3 aromatic rings. The molecule has 2 aromatic carbocycles. The molecular weight excluding hydrogens is 427 g/mol. The average molecular weight is 442 g/mol. The van der Waals surface area contributed by atoms with Gasteiger partial charge in [-0.1, -0.05) is 40.9 Å². The van der Waals surface area contributed by atoms with Gasteiger partial charge in [0.15, 0.2) is 10.1 Å². The van der Waals surface area contributed by atoms with E-state index in [0.717, 1.165) is 17.0 Å². The quantitative estimate of drug-likeness (QED) is 0.542. The van der Waals surface area contributed by atoms with Gasteiger partial charge in [0.05, 0.1) is 13.0 Å². The Balaban J connectivity index is 1.62. The number of H-pyrrole nitrogens is 1. The van der Waals surface area contributed by atoms with Crippen molar-refractivity contribution in [1.82, 2.24) is 9.97 Å². The number of ether oxygens (including phenoxy) is 1. The van der Waals surface area contributed by atoms with Crippen LogP contribution in [0.3, 0.4) is 0 Å². The van der Waals surface area contributed by atoms with Gasteiger partial charge in [0.2, 0.25) is 0 Å². The van der Waals surface area contributed by atoms with Crippen LogP contribution in [0.1, 0.15) is 23.1 Å². The van der Waals surface area contributed by atoms with Gasteiger partial charge in [-0.05, 0) is 41.0 Å². The molecule has 3 atom stereocenters. The summed E-state index contributed by atoms with van der Waals surface area (Å²) >= 11 is 17.1. The van der Waals surface area contributed by atoms with Crippen LogP contribution in [0.5, 0.6) is 0 Å². The molecule has 1 aromatic heterocycles. The van der Waals surface area contributed by atoms with E-state index >= 15 is 0 Å². The van der Waals surface area contributed by atoms with E-state index < -0.39 is 11.2 Å². The van der Waals surface area contributed by atoms with Gasteiger partial charge in [-0.3, -0.25) is 0 Å². The largest absolute Gasteiger partial charge is 0.611 e. The van der Waals surface area contributed by atoms with Crippen molar-refractivity contribution in [1.29, 1.82) is 0 Å². The lowest BCUT2D eigenvalue weighted by Crippen LogP contribution is -2.26. The van der Waals surface area contributed by atoms with Crippen molar-refractivity contribution in [3.8, 4) is 0 Å². The third-order valence-corrected chi connectivity index (χ3v) is 7.07. The highest BCUT2D eigenvalue weighted by Gasteiger charge is 2.46. The van der Waals surface area contributed by atoms with E-state index in [1.807, 2.05) is 12.1 Å². The number of nitrogens with zero attached hydrogens (tertiary/aromatic N) is 1. The third kappa shape index (κ3) is 3.99. The van der Waals surface area contributed by atoms with Crippen molar-refractivity contribution in [3.63, 3.8) is 0 Å². The molecule has 1 unspecified atom stereocenters. The molecule has 1 N–H and O–H groups in total. The molecule has 0 amide bonds. The van der Waals surface area contributed by atoms with Gasteiger partial charge in [-0.25, -0.2) is 4.98 Å². The molecule has 0 aliphatic carbocycles. The summed E-state index contributed by atoms with van der Waals surface area (Å²) in [5.41, 5.74) is 1.71. The number of imidazole rings is 1. The molecule has 8 heteroatoms. The zero-order chi connectivity index (χ0) is 19.0.